The van der Waals surface area contributed by atoms with Crippen LogP contribution in [0.1, 0.15) is 58.8 Å². The van der Waals surface area contributed by atoms with Gasteiger partial charge in [-0.15, -0.1) is 0 Å². The molecule has 0 aromatic heterocycles. The molecule has 3 aliphatic heterocycles. The van der Waals surface area contributed by atoms with Crippen molar-refractivity contribution in [2.24, 2.45) is 0 Å². The molecule has 2 aromatic carbocycles. The molecular weight excluding hydrogens is 418 g/mol. The van der Waals surface area contributed by atoms with Crippen molar-refractivity contribution in [2.45, 2.75) is 44.2 Å². The summed E-state index contributed by atoms with van der Waals surface area (Å²) in [6, 6.07) is 15.3. The number of hydrogen-bond donors (Lipinski definition) is 1. The van der Waals surface area contributed by atoms with Crippen molar-refractivity contribution < 1.29 is 19.1 Å². The van der Waals surface area contributed by atoms with Crippen LogP contribution in [0.5, 0.6) is 0 Å². The molecule has 0 saturated carbocycles. The van der Waals surface area contributed by atoms with Gasteiger partial charge in [0.25, 0.3) is 5.91 Å². The second-order valence-electron chi connectivity index (χ2n) is 8.93. The number of likely N-dealkylation sites (tertiary alicyclic amines) is 1. The first kappa shape index (κ1) is 21.5. The average molecular weight is 448 g/mol. The van der Waals surface area contributed by atoms with Gasteiger partial charge in [0.05, 0.1) is 18.6 Å². The van der Waals surface area contributed by atoms with E-state index in [-0.39, 0.29) is 30.0 Å². The molecule has 5 rings (SSSR count). The Morgan fingerprint density at radius 2 is 1.70 bits per heavy atom. The first-order valence-electron chi connectivity index (χ1n) is 11.8. The van der Waals surface area contributed by atoms with E-state index in [1.54, 1.807) is 11.8 Å². The zero-order chi connectivity index (χ0) is 22.9. The third kappa shape index (κ3) is 3.86. The van der Waals surface area contributed by atoms with E-state index >= 15 is 0 Å². The van der Waals surface area contributed by atoms with E-state index in [1.807, 2.05) is 47.4 Å². The Hall–Kier alpha value is -3.35. The smallest absolute Gasteiger partial charge is 0.409 e. The summed E-state index contributed by atoms with van der Waals surface area (Å²) in [7, 11) is 0. The minimum absolute atomic E-state index is 0.00287. The van der Waals surface area contributed by atoms with E-state index in [1.165, 1.54) is 5.56 Å². The normalized spacial score (nSPS) is 22.2. The second kappa shape index (κ2) is 8.89. The van der Waals surface area contributed by atoms with Gasteiger partial charge in [0.2, 0.25) is 5.91 Å². The number of nitrogens with zero attached hydrogens (tertiary/aromatic N) is 2. The Bertz CT molecular complexity index is 1080. The van der Waals surface area contributed by atoms with Crippen LogP contribution in [0.2, 0.25) is 0 Å². The number of benzene rings is 2. The molecule has 2 atom stereocenters. The van der Waals surface area contributed by atoms with Crippen LogP contribution in [-0.4, -0.2) is 60.0 Å². The number of piperidine rings is 1. The van der Waals surface area contributed by atoms with Crippen LogP contribution in [0.25, 0.3) is 0 Å². The second-order valence-corrected chi connectivity index (χ2v) is 8.93. The number of rotatable bonds is 3. The molecule has 0 bridgehead atoms. The van der Waals surface area contributed by atoms with Crippen LogP contribution in [0, 0.1) is 0 Å². The lowest BCUT2D eigenvalue weighted by Gasteiger charge is -2.45. The topological polar surface area (TPSA) is 79.0 Å². The molecule has 7 heteroatoms. The molecule has 7 nitrogen and oxygen atoms in total. The fourth-order valence-electron chi connectivity index (χ4n) is 5.47. The van der Waals surface area contributed by atoms with E-state index in [4.69, 9.17) is 4.74 Å². The zero-order valence-corrected chi connectivity index (χ0v) is 18.8. The van der Waals surface area contributed by atoms with Gasteiger partial charge < -0.3 is 19.9 Å². The Morgan fingerprint density at radius 1 is 1.00 bits per heavy atom. The number of hydrogen-bond acceptors (Lipinski definition) is 4. The van der Waals surface area contributed by atoms with Gasteiger partial charge in [0.1, 0.15) is 0 Å². The summed E-state index contributed by atoms with van der Waals surface area (Å²) in [5, 5.41) is 3.24. The van der Waals surface area contributed by atoms with Gasteiger partial charge in [-0.3, -0.25) is 9.59 Å². The Kier molecular flexibility index (Phi) is 5.79. The monoisotopic (exact) mass is 447 g/mol. The zero-order valence-electron chi connectivity index (χ0n) is 18.8. The number of carbonyl (C=O) groups is 3. The predicted molar refractivity (Wildman–Crippen MR) is 123 cm³/mol. The fraction of sp³-hybridized carbons (Fsp3) is 0.423. The lowest BCUT2D eigenvalue weighted by molar-refractivity contribution is -0.125. The third-order valence-electron chi connectivity index (χ3n) is 7.08. The van der Waals surface area contributed by atoms with Crippen LogP contribution in [0.15, 0.2) is 48.5 Å². The molecule has 2 aromatic rings. The number of carbonyl (C=O) groups excluding carboxylic acids is 3. The standard InChI is InChI=1S/C26H29N3O4/c1-2-33-26(32)28-14-12-18(13-15-28)27-24(30)22-20-9-5-6-10-21(20)25(31)29-16-11-17-7-3-4-8-19(17)23(22)29/h3-10,18,22-23H,2,11-16H2,1H3,(H,27,30)/t22-,23+/m0/s1. The molecule has 33 heavy (non-hydrogen) atoms. The molecule has 0 unspecified atom stereocenters. The van der Waals surface area contributed by atoms with E-state index in [9.17, 15) is 14.4 Å². The highest BCUT2D eigenvalue weighted by atomic mass is 16.6. The summed E-state index contributed by atoms with van der Waals surface area (Å²) in [6.07, 6.45) is 1.86. The van der Waals surface area contributed by atoms with Gasteiger partial charge >= 0.3 is 6.09 Å². The summed E-state index contributed by atoms with van der Waals surface area (Å²) in [4.78, 5) is 42.6. The molecule has 3 heterocycles. The minimum Gasteiger partial charge on any atom is -0.450 e. The molecular formula is C26H29N3O4. The number of nitrogens with one attached hydrogen (secondary N) is 1. The maximum atomic E-state index is 13.8. The van der Waals surface area contributed by atoms with Crippen molar-refractivity contribution in [3.8, 4) is 0 Å². The molecule has 1 N–H and O–H groups in total. The average Bonchev–Trinajstić information content (AvgIpc) is 2.84. The molecule has 172 valence electrons. The lowest BCUT2D eigenvalue weighted by Crippen LogP contribution is -2.52. The quantitative estimate of drug-likeness (QED) is 0.783. The lowest BCUT2D eigenvalue weighted by atomic mass is 9.75. The number of fused-ring (bicyclic) bond motifs is 4. The minimum atomic E-state index is -0.469. The Labute approximate surface area is 193 Å². The number of amides is 3. The molecule has 1 fully saturated rings. The van der Waals surface area contributed by atoms with Crippen LogP contribution < -0.4 is 5.32 Å². The van der Waals surface area contributed by atoms with E-state index < -0.39 is 5.92 Å². The molecule has 3 aliphatic rings. The fourth-order valence-corrected chi connectivity index (χ4v) is 5.47. The molecule has 1 saturated heterocycles. The van der Waals surface area contributed by atoms with Crippen LogP contribution in [-0.2, 0) is 16.0 Å². The first-order valence-corrected chi connectivity index (χ1v) is 11.8. The van der Waals surface area contributed by atoms with Crippen molar-refractivity contribution in [3.63, 3.8) is 0 Å². The number of ether oxygens (including phenoxy) is 1. The highest BCUT2D eigenvalue weighted by molar-refractivity contribution is 6.01. The van der Waals surface area contributed by atoms with Crippen molar-refractivity contribution in [1.29, 1.82) is 0 Å². The van der Waals surface area contributed by atoms with Gasteiger partial charge in [-0.05, 0) is 48.9 Å². The van der Waals surface area contributed by atoms with Crippen LogP contribution in [0.3, 0.4) is 0 Å². The summed E-state index contributed by atoms with van der Waals surface area (Å²) in [5.74, 6) is -0.531. The molecule has 0 spiro atoms. The van der Waals surface area contributed by atoms with Crippen LogP contribution >= 0.6 is 0 Å². The maximum absolute atomic E-state index is 13.8. The SMILES string of the molecule is CCOC(=O)N1CCC(NC(=O)[C@H]2c3ccccc3C(=O)N3CCc4ccccc4[C@H]23)CC1. The maximum Gasteiger partial charge on any atom is 0.409 e. The Balaban J connectivity index is 1.41. The summed E-state index contributed by atoms with van der Waals surface area (Å²) in [5.41, 5.74) is 3.67. The van der Waals surface area contributed by atoms with Crippen molar-refractivity contribution >= 4 is 17.9 Å². The molecule has 0 aliphatic carbocycles. The predicted octanol–water partition coefficient (Wildman–Crippen LogP) is 3.26. The summed E-state index contributed by atoms with van der Waals surface area (Å²) < 4.78 is 5.10. The largest absolute Gasteiger partial charge is 0.450 e. The van der Waals surface area contributed by atoms with Gasteiger partial charge in [-0.1, -0.05) is 42.5 Å². The van der Waals surface area contributed by atoms with Crippen molar-refractivity contribution in [1.82, 2.24) is 15.1 Å². The van der Waals surface area contributed by atoms with Gasteiger partial charge in [0, 0.05) is 31.2 Å². The first-order chi connectivity index (χ1) is 16.1. The van der Waals surface area contributed by atoms with Gasteiger partial charge in [-0.2, -0.15) is 0 Å². The highest BCUT2D eigenvalue weighted by Gasteiger charge is 2.46. The summed E-state index contributed by atoms with van der Waals surface area (Å²) in [6.45, 7) is 3.87. The van der Waals surface area contributed by atoms with E-state index in [0.29, 0.717) is 44.6 Å². The molecule has 3 amide bonds. The highest BCUT2D eigenvalue weighted by Crippen LogP contribution is 2.46. The summed E-state index contributed by atoms with van der Waals surface area (Å²) >= 11 is 0. The van der Waals surface area contributed by atoms with E-state index in [0.717, 1.165) is 17.5 Å². The van der Waals surface area contributed by atoms with Crippen molar-refractivity contribution in [2.75, 3.05) is 26.2 Å². The van der Waals surface area contributed by atoms with E-state index in [2.05, 4.69) is 11.4 Å². The third-order valence-corrected chi connectivity index (χ3v) is 7.08. The van der Waals surface area contributed by atoms with Crippen LogP contribution in [0.4, 0.5) is 4.79 Å². The molecule has 0 radical (unpaired) electrons. The Morgan fingerprint density at radius 3 is 2.45 bits per heavy atom. The van der Waals surface area contributed by atoms with Crippen molar-refractivity contribution in [3.05, 3.63) is 70.8 Å². The van der Waals surface area contributed by atoms with Gasteiger partial charge in [0.15, 0.2) is 0 Å². The van der Waals surface area contributed by atoms with Gasteiger partial charge in [-0.25, -0.2) is 4.79 Å².